The summed E-state index contributed by atoms with van der Waals surface area (Å²) in [4.78, 5) is 26.0. The summed E-state index contributed by atoms with van der Waals surface area (Å²) in [5, 5.41) is 23.6. The summed E-state index contributed by atoms with van der Waals surface area (Å²) in [5.41, 5.74) is 0. The molecule has 0 aromatic rings. The maximum Gasteiger partial charge on any atom is 0.306 e. The van der Waals surface area contributed by atoms with Gasteiger partial charge in [0.2, 0.25) is 5.91 Å². The molecule has 334 valence electrons. The van der Waals surface area contributed by atoms with Crippen LogP contribution in [0, 0.1) is 0 Å². The first kappa shape index (κ1) is 55.3. The Bertz CT molecular complexity index is 1090. The first-order chi connectivity index (χ1) is 28.5. The van der Waals surface area contributed by atoms with Gasteiger partial charge < -0.3 is 20.3 Å². The van der Waals surface area contributed by atoms with Gasteiger partial charge in [0.25, 0.3) is 0 Å². The first-order valence-electron chi connectivity index (χ1n) is 24.2. The number of carbonyl (C=O) groups is 2. The Labute approximate surface area is 358 Å². The Balaban J connectivity index is 4.76. The number of hydrogen-bond donors (Lipinski definition) is 3. The summed E-state index contributed by atoms with van der Waals surface area (Å²) >= 11 is 0. The van der Waals surface area contributed by atoms with Gasteiger partial charge in [0.1, 0.15) is 6.10 Å². The molecule has 3 unspecified atom stereocenters. The van der Waals surface area contributed by atoms with E-state index < -0.39 is 18.2 Å². The smallest absolute Gasteiger partial charge is 0.306 e. The van der Waals surface area contributed by atoms with Crippen molar-refractivity contribution in [1.82, 2.24) is 5.32 Å². The van der Waals surface area contributed by atoms with Gasteiger partial charge in [0.05, 0.1) is 25.2 Å². The molecule has 58 heavy (non-hydrogen) atoms. The van der Waals surface area contributed by atoms with Gasteiger partial charge in [-0.15, -0.1) is 0 Å². The molecule has 3 atom stereocenters. The Morgan fingerprint density at radius 3 is 1.48 bits per heavy atom. The molecule has 0 heterocycles. The highest BCUT2D eigenvalue weighted by atomic mass is 16.5. The minimum atomic E-state index is -0.821. The molecule has 0 spiro atoms. The molecule has 0 saturated carbocycles. The number of carbonyl (C=O) groups excluding carboxylic acids is 2. The van der Waals surface area contributed by atoms with Crippen molar-refractivity contribution in [2.24, 2.45) is 0 Å². The standard InChI is InChI=1S/C52H91NO5/c1-4-7-10-13-16-19-22-25-27-28-31-34-37-40-43-48(58-52(57)45-42-39-36-33-30-24-21-18-15-12-9-6-3)46-51(56)53-49(47-54)50(55)44-41-38-35-32-29-26-23-20-17-14-11-8-5-2/h7,10,16,18-19,21,25,27,31,34,40,43,48-50,54-55H,4-6,8-9,11-15,17,20,22-24,26,28-30,32-33,35-39,41-42,44-47H2,1-3H3,(H,53,56)/b10-7+,19-16+,21-18-,27-25+,34-31+,43-40+. The molecule has 0 aromatic heterocycles. The van der Waals surface area contributed by atoms with Gasteiger partial charge in [-0.25, -0.2) is 0 Å². The topological polar surface area (TPSA) is 95.9 Å². The van der Waals surface area contributed by atoms with Crippen LogP contribution in [0.15, 0.2) is 72.9 Å². The second-order valence-electron chi connectivity index (χ2n) is 16.1. The van der Waals surface area contributed by atoms with Gasteiger partial charge in [-0.2, -0.15) is 0 Å². The van der Waals surface area contributed by atoms with E-state index in [-0.39, 0.29) is 24.9 Å². The van der Waals surface area contributed by atoms with E-state index in [1.165, 1.54) is 96.3 Å². The number of aliphatic hydroxyl groups is 2. The van der Waals surface area contributed by atoms with Gasteiger partial charge in [-0.3, -0.25) is 9.59 Å². The van der Waals surface area contributed by atoms with Gasteiger partial charge in [-0.05, 0) is 76.7 Å². The van der Waals surface area contributed by atoms with Crippen molar-refractivity contribution in [2.45, 2.75) is 238 Å². The lowest BCUT2D eigenvalue weighted by atomic mass is 10.0. The average molecular weight is 810 g/mol. The van der Waals surface area contributed by atoms with Gasteiger partial charge in [0, 0.05) is 6.42 Å². The largest absolute Gasteiger partial charge is 0.458 e. The average Bonchev–Trinajstić information content (AvgIpc) is 3.22. The lowest BCUT2D eigenvalue weighted by Gasteiger charge is -2.23. The van der Waals surface area contributed by atoms with Crippen LogP contribution in [0.2, 0.25) is 0 Å². The van der Waals surface area contributed by atoms with E-state index in [2.05, 4.69) is 86.8 Å². The number of hydrogen-bond acceptors (Lipinski definition) is 5. The van der Waals surface area contributed by atoms with Gasteiger partial charge >= 0.3 is 5.97 Å². The Kier molecular flexibility index (Phi) is 43.3. The molecule has 0 saturated heterocycles. The molecule has 0 radical (unpaired) electrons. The molecular formula is C52H91NO5. The van der Waals surface area contributed by atoms with Crippen LogP contribution in [0.4, 0.5) is 0 Å². The minimum absolute atomic E-state index is 0.0512. The van der Waals surface area contributed by atoms with Crippen LogP contribution in [0.25, 0.3) is 0 Å². The zero-order chi connectivity index (χ0) is 42.4. The molecule has 6 nitrogen and oxygen atoms in total. The predicted molar refractivity (Wildman–Crippen MR) is 250 cm³/mol. The minimum Gasteiger partial charge on any atom is -0.458 e. The zero-order valence-electron chi connectivity index (χ0n) is 37.9. The lowest BCUT2D eigenvalue weighted by Crippen LogP contribution is -2.46. The Morgan fingerprint density at radius 1 is 0.534 bits per heavy atom. The molecule has 3 N–H and O–H groups in total. The Morgan fingerprint density at radius 2 is 0.966 bits per heavy atom. The van der Waals surface area contributed by atoms with Crippen molar-refractivity contribution >= 4 is 11.9 Å². The van der Waals surface area contributed by atoms with Gasteiger partial charge in [0.15, 0.2) is 0 Å². The second kappa shape index (κ2) is 45.4. The van der Waals surface area contributed by atoms with Crippen LogP contribution in [0.1, 0.15) is 220 Å². The maximum absolute atomic E-state index is 13.1. The number of aliphatic hydroxyl groups excluding tert-OH is 2. The first-order valence-corrected chi connectivity index (χ1v) is 24.2. The van der Waals surface area contributed by atoms with Crippen LogP contribution >= 0.6 is 0 Å². The molecule has 6 heteroatoms. The van der Waals surface area contributed by atoms with E-state index in [1.54, 1.807) is 6.08 Å². The molecule has 0 rings (SSSR count). The van der Waals surface area contributed by atoms with Crippen molar-refractivity contribution < 1.29 is 24.5 Å². The summed E-state index contributed by atoms with van der Waals surface area (Å²) in [6.07, 6.45) is 57.0. The normalized spacial score (nSPS) is 13.9. The SMILES string of the molecule is CC/C=C/C/C=C/C/C=C/C/C=C/C/C=C/C(CC(=O)NC(CO)C(O)CCCCCCCCCCCCCCC)OC(=O)CCCCCCC/C=C\CCCCC. The summed E-state index contributed by atoms with van der Waals surface area (Å²) in [7, 11) is 0. The summed E-state index contributed by atoms with van der Waals surface area (Å²) in [5.74, 6) is -0.642. The van der Waals surface area contributed by atoms with E-state index >= 15 is 0 Å². The van der Waals surface area contributed by atoms with Gasteiger partial charge in [-0.1, -0.05) is 203 Å². The van der Waals surface area contributed by atoms with E-state index in [0.29, 0.717) is 19.3 Å². The van der Waals surface area contributed by atoms with Crippen molar-refractivity contribution in [1.29, 1.82) is 0 Å². The third-order valence-corrected chi connectivity index (χ3v) is 10.5. The van der Waals surface area contributed by atoms with E-state index in [1.807, 2.05) is 6.08 Å². The maximum atomic E-state index is 13.1. The lowest BCUT2D eigenvalue weighted by molar-refractivity contribution is -0.148. The number of allylic oxidation sites excluding steroid dienone is 11. The Hall–Kier alpha value is -2.70. The quantitative estimate of drug-likeness (QED) is 0.0324. The highest BCUT2D eigenvalue weighted by molar-refractivity contribution is 5.78. The fourth-order valence-electron chi connectivity index (χ4n) is 6.86. The summed E-state index contributed by atoms with van der Waals surface area (Å²) in [6, 6.07) is -0.744. The number of ether oxygens (including phenoxy) is 1. The van der Waals surface area contributed by atoms with E-state index in [9.17, 15) is 19.8 Å². The molecule has 0 aliphatic heterocycles. The highest BCUT2D eigenvalue weighted by Crippen LogP contribution is 2.15. The zero-order valence-corrected chi connectivity index (χ0v) is 37.9. The van der Waals surface area contributed by atoms with Crippen LogP contribution < -0.4 is 5.32 Å². The van der Waals surface area contributed by atoms with Crippen molar-refractivity contribution in [3.05, 3.63) is 72.9 Å². The van der Waals surface area contributed by atoms with E-state index in [0.717, 1.165) is 77.0 Å². The number of esters is 1. The van der Waals surface area contributed by atoms with Crippen molar-refractivity contribution in [2.75, 3.05) is 6.61 Å². The monoisotopic (exact) mass is 810 g/mol. The molecule has 0 bridgehead atoms. The van der Waals surface area contributed by atoms with Crippen LogP contribution in [-0.2, 0) is 14.3 Å². The third kappa shape index (κ3) is 40.1. The molecule has 0 aliphatic rings. The van der Waals surface area contributed by atoms with Crippen molar-refractivity contribution in [3.63, 3.8) is 0 Å². The summed E-state index contributed by atoms with van der Waals surface area (Å²) in [6.45, 7) is 6.29. The van der Waals surface area contributed by atoms with Crippen LogP contribution in [0.5, 0.6) is 0 Å². The summed E-state index contributed by atoms with van der Waals surface area (Å²) < 4.78 is 5.80. The van der Waals surface area contributed by atoms with Crippen LogP contribution in [-0.4, -0.2) is 46.9 Å². The molecule has 0 aliphatic carbocycles. The number of nitrogens with one attached hydrogen (secondary N) is 1. The number of unbranched alkanes of at least 4 members (excludes halogenated alkanes) is 20. The second-order valence-corrected chi connectivity index (χ2v) is 16.1. The molecule has 0 fully saturated rings. The van der Waals surface area contributed by atoms with Crippen LogP contribution in [0.3, 0.4) is 0 Å². The fraction of sp³-hybridized carbons (Fsp3) is 0.731. The highest BCUT2D eigenvalue weighted by Gasteiger charge is 2.23. The number of rotatable bonds is 42. The third-order valence-electron chi connectivity index (χ3n) is 10.5. The van der Waals surface area contributed by atoms with E-state index in [4.69, 9.17) is 4.74 Å². The molecular weight excluding hydrogens is 719 g/mol. The molecule has 1 amide bonds. The van der Waals surface area contributed by atoms with Crippen molar-refractivity contribution in [3.8, 4) is 0 Å². The predicted octanol–water partition coefficient (Wildman–Crippen LogP) is 14.2. The number of amides is 1. The fourth-order valence-corrected chi connectivity index (χ4v) is 6.86. The molecule has 0 aromatic carbocycles.